The predicted octanol–water partition coefficient (Wildman–Crippen LogP) is 2.11. The van der Waals surface area contributed by atoms with Crippen LogP contribution in [-0.4, -0.2) is 29.7 Å². The minimum atomic E-state index is -0.333. The van der Waals surface area contributed by atoms with E-state index in [0.29, 0.717) is 11.5 Å². The fraction of sp³-hybridized carbons (Fsp3) is 0.538. The molecule has 98 valence electrons. The average molecular weight is 250 g/mol. The van der Waals surface area contributed by atoms with Crippen LogP contribution in [0.15, 0.2) is 18.2 Å². The Morgan fingerprint density at radius 1 is 1.56 bits per heavy atom. The van der Waals surface area contributed by atoms with Gasteiger partial charge in [0.15, 0.2) is 0 Å². The van der Waals surface area contributed by atoms with Gasteiger partial charge in [-0.2, -0.15) is 0 Å². The molecule has 1 atom stereocenters. The van der Waals surface area contributed by atoms with Gasteiger partial charge in [-0.25, -0.2) is 0 Å². The summed E-state index contributed by atoms with van der Waals surface area (Å²) in [4.78, 5) is 12.7. The lowest BCUT2D eigenvalue weighted by molar-refractivity contribution is -0.385. The van der Waals surface area contributed by atoms with Crippen LogP contribution < -0.4 is 4.90 Å². The Bertz CT molecular complexity index is 448. The van der Waals surface area contributed by atoms with Crippen LogP contribution in [0.1, 0.15) is 18.4 Å². The van der Waals surface area contributed by atoms with Crippen molar-refractivity contribution in [3.8, 4) is 0 Å². The number of aliphatic hydroxyl groups excluding tert-OH is 1. The first-order chi connectivity index (χ1) is 8.61. The lowest BCUT2D eigenvalue weighted by atomic mass is 10.1. The molecule has 1 heterocycles. The first-order valence-corrected chi connectivity index (χ1v) is 6.22. The van der Waals surface area contributed by atoms with Crippen LogP contribution in [0.25, 0.3) is 0 Å². The second kappa shape index (κ2) is 5.35. The van der Waals surface area contributed by atoms with E-state index < -0.39 is 0 Å². The molecule has 1 saturated heterocycles. The van der Waals surface area contributed by atoms with Crippen molar-refractivity contribution in [2.24, 2.45) is 5.92 Å². The van der Waals surface area contributed by atoms with Crippen LogP contribution in [0.3, 0.4) is 0 Å². The summed E-state index contributed by atoms with van der Waals surface area (Å²) in [5.74, 6) is 0.496. The van der Waals surface area contributed by atoms with E-state index in [-0.39, 0.29) is 17.2 Å². The summed E-state index contributed by atoms with van der Waals surface area (Å²) in [7, 11) is 0. The zero-order valence-electron chi connectivity index (χ0n) is 10.5. The Morgan fingerprint density at radius 2 is 2.33 bits per heavy atom. The molecule has 0 spiro atoms. The third kappa shape index (κ3) is 2.61. The van der Waals surface area contributed by atoms with Gasteiger partial charge in [0, 0.05) is 37.0 Å². The fourth-order valence-electron chi connectivity index (χ4n) is 2.48. The van der Waals surface area contributed by atoms with Crippen molar-refractivity contribution < 1.29 is 10.0 Å². The quantitative estimate of drug-likeness (QED) is 0.656. The number of aryl methyl sites for hydroxylation is 1. The Balaban J connectivity index is 2.15. The van der Waals surface area contributed by atoms with Gasteiger partial charge in [0.05, 0.1) is 4.92 Å². The number of anilines is 1. The highest BCUT2D eigenvalue weighted by molar-refractivity contribution is 5.57. The standard InChI is InChI=1S/C13H18N2O3/c1-10-2-3-12(8-13(10)15(17)18)14-6-4-11(9-14)5-7-16/h2-3,8,11,16H,4-7,9H2,1H3. The van der Waals surface area contributed by atoms with Crippen molar-refractivity contribution >= 4 is 11.4 Å². The van der Waals surface area contributed by atoms with E-state index >= 15 is 0 Å². The van der Waals surface area contributed by atoms with Gasteiger partial charge in [-0.1, -0.05) is 6.07 Å². The number of nitro benzene ring substituents is 1. The number of rotatable bonds is 4. The van der Waals surface area contributed by atoms with E-state index in [4.69, 9.17) is 5.11 Å². The first-order valence-electron chi connectivity index (χ1n) is 6.22. The monoisotopic (exact) mass is 250 g/mol. The van der Waals surface area contributed by atoms with Crippen LogP contribution in [0.5, 0.6) is 0 Å². The van der Waals surface area contributed by atoms with Crippen LogP contribution in [0.4, 0.5) is 11.4 Å². The van der Waals surface area contributed by atoms with E-state index in [1.54, 1.807) is 19.1 Å². The molecule has 1 aromatic rings. The molecule has 0 bridgehead atoms. The molecule has 18 heavy (non-hydrogen) atoms. The maximum Gasteiger partial charge on any atom is 0.274 e. The Morgan fingerprint density at radius 3 is 3.00 bits per heavy atom. The molecule has 0 radical (unpaired) electrons. The lowest BCUT2D eigenvalue weighted by Crippen LogP contribution is -2.20. The van der Waals surface area contributed by atoms with Crippen molar-refractivity contribution in [3.63, 3.8) is 0 Å². The molecule has 1 unspecified atom stereocenters. The molecule has 1 aliphatic rings. The van der Waals surface area contributed by atoms with Crippen molar-refractivity contribution in [2.45, 2.75) is 19.8 Å². The summed E-state index contributed by atoms with van der Waals surface area (Å²) >= 11 is 0. The van der Waals surface area contributed by atoms with Crippen LogP contribution in [0, 0.1) is 23.0 Å². The highest BCUT2D eigenvalue weighted by Crippen LogP contribution is 2.29. The highest BCUT2D eigenvalue weighted by atomic mass is 16.6. The van der Waals surface area contributed by atoms with E-state index in [0.717, 1.165) is 31.6 Å². The maximum absolute atomic E-state index is 10.9. The first kappa shape index (κ1) is 12.8. The largest absolute Gasteiger partial charge is 0.396 e. The van der Waals surface area contributed by atoms with E-state index in [1.165, 1.54) is 0 Å². The number of hydrogen-bond acceptors (Lipinski definition) is 4. The van der Waals surface area contributed by atoms with Gasteiger partial charge in [0.25, 0.3) is 5.69 Å². The number of nitro groups is 1. The van der Waals surface area contributed by atoms with Crippen molar-refractivity contribution in [3.05, 3.63) is 33.9 Å². The van der Waals surface area contributed by atoms with Crippen LogP contribution >= 0.6 is 0 Å². The van der Waals surface area contributed by atoms with Gasteiger partial charge in [-0.05, 0) is 31.7 Å². The molecular weight excluding hydrogens is 232 g/mol. The predicted molar refractivity (Wildman–Crippen MR) is 69.9 cm³/mol. The Kier molecular flexibility index (Phi) is 3.81. The van der Waals surface area contributed by atoms with Gasteiger partial charge < -0.3 is 10.0 Å². The topological polar surface area (TPSA) is 66.6 Å². The zero-order valence-corrected chi connectivity index (χ0v) is 10.5. The Hall–Kier alpha value is -1.62. The van der Waals surface area contributed by atoms with Gasteiger partial charge in [0.2, 0.25) is 0 Å². The molecule has 1 aliphatic heterocycles. The SMILES string of the molecule is Cc1ccc(N2CCC(CCO)C2)cc1[N+](=O)[O-]. The van der Waals surface area contributed by atoms with E-state index in [2.05, 4.69) is 4.90 Å². The molecule has 5 nitrogen and oxygen atoms in total. The minimum absolute atomic E-state index is 0.179. The number of nitrogens with zero attached hydrogens (tertiary/aromatic N) is 2. The molecule has 5 heteroatoms. The van der Waals surface area contributed by atoms with Crippen molar-refractivity contribution in [1.82, 2.24) is 0 Å². The molecule has 1 fully saturated rings. The maximum atomic E-state index is 10.9. The van der Waals surface area contributed by atoms with Gasteiger partial charge in [-0.3, -0.25) is 10.1 Å². The summed E-state index contributed by atoms with van der Waals surface area (Å²) in [5.41, 5.74) is 1.78. The third-order valence-corrected chi connectivity index (χ3v) is 3.58. The molecule has 1 N–H and O–H groups in total. The van der Waals surface area contributed by atoms with Crippen molar-refractivity contribution in [2.75, 3.05) is 24.6 Å². The second-order valence-electron chi connectivity index (χ2n) is 4.84. The zero-order chi connectivity index (χ0) is 13.1. The number of hydrogen-bond donors (Lipinski definition) is 1. The van der Waals surface area contributed by atoms with Gasteiger partial charge in [0.1, 0.15) is 0 Å². The minimum Gasteiger partial charge on any atom is -0.396 e. The smallest absolute Gasteiger partial charge is 0.274 e. The summed E-state index contributed by atoms with van der Waals surface area (Å²) in [5, 5.41) is 19.8. The third-order valence-electron chi connectivity index (χ3n) is 3.58. The fourth-order valence-corrected chi connectivity index (χ4v) is 2.48. The molecule has 0 amide bonds. The molecule has 0 aromatic heterocycles. The summed E-state index contributed by atoms with van der Waals surface area (Å²) < 4.78 is 0. The number of aliphatic hydroxyl groups is 1. The summed E-state index contributed by atoms with van der Waals surface area (Å²) in [6.07, 6.45) is 1.85. The van der Waals surface area contributed by atoms with E-state index in [9.17, 15) is 10.1 Å². The van der Waals surface area contributed by atoms with E-state index in [1.807, 2.05) is 6.07 Å². The van der Waals surface area contributed by atoms with Gasteiger partial charge in [-0.15, -0.1) is 0 Å². The highest BCUT2D eigenvalue weighted by Gasteiger charge is 2.23. The molecular formula is C13H18N2O3. The Labute approximate surface area is 106 Å². The molecule has 0 saturated carbocycles. The molecule has 2 rings (SSSR count). The lowest BCUT2D eigenvalue weighted by Gasteiger charge is -2.18. The average Bonchev–Trinajstić information content (AvgIpc) is 2.78. The van der Waals surface area contributed by atoms with Crippen LogP contribution in [-0.2, 0) is 0 Å². The molecule has 0 aliphatic carbocycles. The molecule has 1 aromatic carbocycles. The number of benzene rings is 1. The van der Waals surface area contributed by atoms with Crippen LogP contribution in [0.2, 0.25) is 0 Å². The normalized spacial score (nSPS) is 19.2. The van der Waals surface area contributed by atoms with Gasteiger partial charge >= 0.3 is 0 Å². The van der Waals surface area contributed by atoms with Crippen molar-refractivity contribution in [1.29, 1.82) is 0 Å². The second-order valence-corrected chi connectivity index (χ2v) is 4.84. The summed E-state index contributed by atoms with van der Waals surface area (Å²) in [6, 6.07) is 5.38. The summed E-state index contributed by atoms with van der Waals surface area (Å²) in [6.45, 7) is 3.75.